The molecule has 0 saturated carbocycles. The summed E-state index contributed by atoms with van der Waals surface area (Å²) >= 11 is 12.1. The van der Waals surface area contributed by atoms with Crippen molar-refractivity contribution in [3.8, 4) is 0 Å². The van der Waals surface area contributed by atoms with Crippen molar-refractivity contribution in [3.05, 3.63) is 63.6 Å². The Bertz CT molecular complexity index is 852. The minimum Gasteiger partial charge on any atom is -0.348 e. The predicted molar refractivity (Wildman–Crippen MR) is 113 cm³/mol. The molecule has 0 fully saturated rings. The van der Waals surface area contributed by atoms with Crippen molar-refractivity contribution in [2.75, 3.05) is 25.5 Å². The first-order valence-electron chi connectivity index (χ1n) is 9.23. The van der Waals surface area contributed by atoms with Crippen molar-refractivity contribution in [1.29, 1.82) is 0 Å². The van der Waals surface area contributed by atoms with Crippen LogP contribution in [0, 0.1) is 0 Å². The Morgan fingerprint density at radius 3 is 2.46 bits per heavy atom. The number of aryl methyl sites for hydroxylation is 1. The zero-order valence-corrected chi connectivity index (χ0v) is 17.2. The van der Waals surface area contributed by atoms with Crippen molar-refractivity contribution in [2.45, 2.75) is 25.3 Å². The van der Waals surface area contributed by atoms with E-state index in [0.717, 1.165) is 19.3 Å². The molecular formula is C21H23Cl2N3O2. The lowest BCUT2D eigenvalue weighted by atomic mass is 9.88. The van der Waals surface area contributed by atoms with Crippen molar-refractivity contribution >= 4 is 40.7 Å². The topological polar surface area (TPSA) is 61.4 Å². The van der Waals surface area contributed by atoms with Gasteiger partial charge in [0.05, 0.1) is 34.9 Å². The van der Waals surface area contributed by atoms with Crippen LogP contribution in [0.2, 0.25) is 10.0 Å². The van der Waals surface area contributed by atoms with Gasteiger partial charge in [0.15, 0.2) is 0 Å². The van der Waals surface area contributed by atoms with Gasteiger partial charge in [0.2, 0.25) is 11.8 Å². The van der Waals surface area contributed by atoms with Crippen LogP contribution in [0.25, 0.3) is 0 Å². The molecule has 0 saturated heterocycles. The van der Waals surface area contributed by atoms with E-state index in [1.54, 1.807) is 30.1 Å². The fourth-order valence-electron chi connectivity index (χ4n) is 3.49. The normalized spacial score (nSPS) is 15.8. The van der Waals surface area contributed by atoms with E-state index in [1.807, 2.05) is 12.1 Å². The van der Waals surface area contributed by atoms with E-state index in [-0.39, 0.29) is 30.9 Å². The van der Waals surface area contributed by atoms with Crippen LogP contribution in [0.3, 0.4) is 0 Å². The van der Waals surface area contributed by atoms with E-state index in [0.29, 0.717) is 15.7 Å². The average molecular weight is 420 g/mol. The number of carbonyl (C=O) groups excluding carboxylic acids is 2. The molecule has 0 spiro atoms. The van der Waals surface area contributed by atoms with Gasteiger partial charge in [0.25, 0.3) is 0 Å². The second kappa shape index (κ2) is 9.41. The lowest BCUT2D eigenvalue weighted by Crippen LogP contribution is -2.40. The molecule has 0 bridgehead atoms. The van der Waals surface area contributed by atoms with E-state index in [1.165, 1.54) is 11.1 Å². The number of anilines is 1. The minimum atomic E-state index is -0.284. The molecule has 2 amide bonds. The van der Waals surface area contributed by atoms with E-state index in [4.69, 9.17) is 23.2 Å². The number of fused-ring (bicyclic) bond motifs is 1. The third-order valence-electron chi connectivity index (χ3n) is 4.76. The van der Waals surface area contributed by atoms with Crippen LogP contribution in [-0.4, -0.2) is 36.9 Å². The number of halogens is 2. The number of benzene rings is 2. The van der Waals surface area contributed by atoms with E-state index >= 15 is 0 Å². The molecule has 148 valence electrons. The molecule has 2 aromatic carbocycles. The van der Waals surface area contributed by atoms with Gasteiger partial charge in [-0.3, -0.25) is 14.5 Å². The number of rotatable bonds is 6. The van der Waals surface area contributed by atoms with Crippen LogP contribution in [0.4, 0.5) is 5.69 Å². The molecule has 2 aromatic rings. The van der Waals surface area contributed by atoms with Crippen LogP contribution in [0.15, 0.2) is 42.5 Å². The van der Waals surface area contributed by atoms with Gasteiger partial charge in [-0.05, 0) is 49.6 Å². The molecule has 7 heteroatoms. The van der Waals surface area contributed by atoms with Crippen molar-refractivity contribution < 1.29 is 9.59 Å². The highest BCUT2D eigenvalue weighted by atomic mass is 35.5. The third-order valence-corrected chi connectivity index (χ3v) is 5.39. The van der Waals surface area contributed by atoms with Gasteiger partial charge in [0, 0.05) is 0 Å². The van der Waals surface area contributed by atoms with E-state index < -0.39 is 0 Å². The van der Waals surface area contributed by atoms with Crippen molar-refractivity contribution in [2.24, 2.45) is 0 Å². The first-order chi connectivity index (χ1) is 13.4. The molecule has 1 unspecified atom stereocenters. The highest BCUT2D eigenvalue weighted by molar-refractivity contribution is 6.39. The summed E-state index contributed by atoms with van der Waals surface area (Å²) < 4.78 is 0. The summed E-state index contributed by atoms with van der Waals surface area (Å²) in [6.07, 6.45) is 3.03. The molecule has 0 heterocycles. The second-order valence-electron chi connectivity index (χ2n) is 7.03. The number of nitrogens with one attached hydrogen (secondary N) is 2. The molecule has 1 aliphatic carbocycles. The zero-order chi connectivity index (χ0) is 20.1. The molecular weight excluding hydrogens is 397 g/mol. The maximum absolute atomic E-state index is 12.5. The molecule has 1 atom stereocenters. The predicted octanol–water partition coefficient (Wildman–Crippen LogP) is 4.06. The molecule has 0 radical (unpaired) electrons. The van der Waals surface area contributed by atoms with E-state index in [2.05, 4.69) is 22.8 Å². The van der Waals surface area contributed by atoms with Crippen LogP contribution < -0.4 is 10.6 Å². The SMILES string of the molecule is CN(CC(=O)Nc1c(Cl)cccc1Cl)CC(=O)NC1CCCc2ccccc21. The summed E-state index contributed by atoms with van der Waals surface area (Å²) in [5.74, 6) is -0.388. The minimum absolute atomic E-state index is 0.0293. The number of carbonyl (C=O) groups is 2. The Morgan fingerprint density at radius 1 is 1.04 bits per heavy atom. The maximum atomic E-state index is 12.5. The summed E-state index contributed by atoms with van der Waals surface area (Å²) in [6.45, 7) is 0.179. The van der Waals surface area contributed by atoms with Crippen LogP contribution >= 0.6 is 23.2 Å². The standard InChI is InChI=1S/C21H23Cl2N3O2/c1-26(13-20(28)25-21-16(22)9-5-10-17(21)23)12-19(27)24-18-11-4-7-14-6-2-3-8-15(14)18/h2-3,5-6,8-10,18H,4,7,11-13H2,1H3,(H,24,27)(H,25,28). The molecule has 0 aromatic heterocycles. The summed E-state index contributed by atoms with van der Waals surface area (Å²) in [6, 6.07) is 13.3. The fraction of sp³-hybridized carbons (Fsp3) is 0.333. The quantitative estimate of drug-likeness (QED) is 0.741. The Kier molecular flexibility index (Phi) is 6.94. The van der Waals surface area contributed by atoms with Gasteiger partial charge >= 0.3 is 0 Å². The summed E-state index contributed by atoms with van der Waals surface area (Å²) in [7, 11) is 1.72. The number of amides is 2. The highest BCUT2D eigenvalue weighted by Gasteiger charge is 2.22. The molecule has 0 aliphatic heterocycles. The first kappa shape index (κ1) is 20.6. The van der Waals surface area contributed by atoms with Gasteiger partial charge < -0.3 is 10.6 Å². The Balaban J connectivity index is 1.52. The van der Waals surface area contributed by atoms with E-state index in [9.17, 15) is 9.59 Å². The summed E-state index contributed by atoms with van der Waals surface area (Å²) in [5.41, 5.74) is 2.87. The van der Waals surface area contributed by atoms with Gasteiger partial charge in [-0.2, -0.15) is 0 Å². The molecule has 1 aliphatic rings. The fourth-order valence-corrected chi connectivity index (χ4v) is 3.98. The molecule has 28 heavy (non-hydrogen) atoms. The van der Waals surface area contributed by atoms with Crippen molar-refractivity contribution in [1.82, 2.24) is 10.2 Å². The molecule has 2 N–H and O–H groups in total. The Hall–Kier alpha value is -2.08. The van der Waals surface area contributed by atoms with Crippen LogP contribution in [-0.2, 0) is 16.0 Å². The first-order valence-corrected chi connectivity index (χ1v) is 9.99. The van der Waals surface area contributed by atoms with Crippen molar-refractivity contribution in [3.63, 3.8) is 0 Å². The van der Waals surface area contributed by atoms with Crippen LogP contribution in [0.5, 0.6) is 0 Å². The van der Waals surface area contributed by atoms with Crippen LogP contribution in [0.1, 0.15) is 30.0 Å². The molecule has 3 rings (SSSR count). The van der Waals surface area contributed by atoms with Gasteiger partial charge in [-0.15, -0.1) is 0 Å². The largest absolute Gasteiger partial charge is 0.348 e. The number of hydrogen-bond acceptors (Lipinski definition) is 3. The summed E-state index contributed by atoms with van der Waals surface area (Å²) in [4.78, 5) is 26.4. The lowest BCUT2D eigenvalue weighted by molar-refractivity contribution is -0.123. The second-order valence-corrected chi connectivity index (χ2v) is 7.84. The molecule has 5 nitrogen and oxygen atoms in total. The number of nitrogens with zero attached hydrogens (tertiary/aromatic N) is 1. The monoisotopic (exact) mass is 419 g/mol. The average Bonchev–Trinajstić information content (AvgIpc) is 2.65. The third kappa shape index (κ3) is 5.25. The van der Waals surface area contributed by atoms with Gasteiger partial charge in [0.1, 0.15) is 0 Å². The van der Waals surface area contributed by atoms with Gasteiger partial charge in [-0.25, -0.2) is 0 Å². The lowest BCUT2D eigenvalue weighted by Gasteiger charge is -2.27. The summed E-state index contributed by atoms with van der Waals surface area (Å²) in [5, 5.41) is 6.54. The smallest absolute Gasteiger partial charge is 0.238 e. The number of hydrogen-bond donors (Lipinski definition) is 2. The zero-order valence-electron chi connectivity index (χ0n) is 15.7. The highest BCUT2D eigenvalue weighted by Crippen LogP contribution is 2.30. The Labute approximate surface area is 175 Å². The maximum Gasteiger partial charge on any atom is 0.238 e. The number of likely N-dealkylation sites (N-methyl/N-ethyl adjacent to an activating group) is 1. The number of para-hydroxylation sites is 1. The Morgan fingerprint density at radius 2 is 1.71 bits per heavy atom. The van der Waals surface area contributed by atoms with Gasteiger partial charge in [-0.1, -0.05) is 53.5 Å².